The molecular weight excluding hydrogens is 260 g/mol. The Labute approximate surface area is 117 Å². The van der Waals surface area contributed by atoms with Gasteiger partial charge in [-0.15, -0.1) is 0 Å². The molecule has 0 aromatic carbocycles. The molecular formula is C14H26O4Si. The van der Waals surface area contributed by atoms with E-state index in [-0.39, 0.29) is 11.6 Å². The summed E-state index contributed by atoms with van der Waals surface area (Å²) in [7, 11) is -1.95. The second-order valence-corrected chi connectivity index (χ2v) is 10.8. The normalized spacial score (nSPS) is 15.2. The summed E-state index contributed by atoms with van der Waals surface area (Å²) in [5.74, 6) is 4.11. The van der Waals surface area contributed by atoms with Crippen LogP contribution < -0.4 is 0 Å². The van der Waals surface area contributed by atoms with Crippen molar-refractivity contribution in [3.05, 3.63) is 0 Å². The van der Waals surface area contributed by atoms with Crippen molar-refractivity contribution in [2.45, 2.75) is 65.0 Å². The van der Waals surface area contributed by atoms with Gasteiger partial charge in [-0.05, 0) is 32.0 Å². The number of ether oxygens (including phenoxy) is 1. The number of esters is 1. The Bertz CT molecular complexity index is 360. The molecule has 0 unspecified atom stereocenters. The topological polar surface area (TPSA) is 55.8 Å². The van der Waals surface area contributed by atoms with Crippen molar-refractivity contribution < 1.29 is 19.1 Å². The molecule has 0 saturated heterocycles. The molecule has 0 aliphatic carbocycles. The maximum absolute atomic E-state index is 11.1. The van der Waals surface area contributed by atoms with Gasteiger partial charge in [-0.3, -0.25) is 0 Å². The first kappa shape index (κ1) is 18.2. The van der Waals surface area contributed by atoms with Crippen LogP contribution in [0.5, 0.6) is 0 Å². The Kier molecular flexibility index (Phi) is 6.77. The number of hydrogen-bond donors (Lipinski definition) is 1. The largest absolute Gasteiger partial charge is 0.456 e. The Morgan fingerprint density at radius 2 is 1.89 bits per heavy atom. The zero-order valence-electron chi connectivity index (χ0n) is 13.0. The summed E-state index contributed by atoms with van der Waals surface area (Å²) in [5.41, 5.74) is 0. The van der Waals surface area contributed by atoms with E-state index in [2.05, 4.69) is 50.4 Å². The Morgan fingerprint density at radius 3 is 2.32 bits per heavy atom. The number of carbonyl (C=O) groups is 1. The molecule has 0 bridgehead atoms. The van der Waals surface area contributed by atoms with Crippen LogP contribution in [0, 0.1) is 11.8 Å². The molecule has 0 heterocycles. The molecule has 0 radical (unpaired) electrons. The fourth-order valence-corrected chi connectivity index (χ4v) is 2.54. The molecule has 0 saturated carbocycles. The highest BCUT2D eigenvalue weighted by Gasteiger charge is 2.39. The minimum absolute atomic E-state index is 0.0650. The van der Waals surface area contributed by atoms with Gasteiger partial charge < -0.3 is 14.3 Å². The van der Waals surface area contributed by atoms with Gasteiger partial charge in [-0.25, -0.2) is 4.79 Å². The van der Waals surface area contributed by atoms with Crippen LogP contribution >= 0.6 is 0 Å². The summed E-state index contributed by atoms with van der Waals surface area (Å²) in [6, 6.07) is 0. The third kappa shape index (κ3) is 6.23. The van der Waals surface area contributed by atoms with Crippen LogP contribution in [0.15, 0.2) is 0 Å². The Hall–Kier alpha value is -0.833. The second kappa shape index (κ2) is 7.08. The number of hydrogen-bond acceptors (Lipinski definition) is 4. The highest BCUT2D eigenvalue weighted by molar-refractivity contribution is 6.74. The molecule has 0 amide bonds. The molecule has 0 aliphatic heterocycles. The highest BCUT2D eigenvalue weighted by Crippen LogP contribution is 2.37. The number of aliphatic hydroxyl groups excluding tert-OH is 1. The zero-order chi connectivity index (χ0) is 15.3. The van der Waals surface area contributed by atoms with E-state index in [0.717, 1.165) is 0 Å². The SMILES string of the molecule is CCOC(=O)C#C[C@@H](O)[C@@H](C)O[Si](C)(C)C(C)(C)C. The van der Waals surface area contributed by atoms with Crippen LogP contribution in [-0.2, 0) is 14.0 Å². The molecule has 0 aromatic rings. The van der Waals surface area contributed by atoms with Crippen molar-refractivity contribution in [2.24, 2.45) is 0 Å². The minimum Gasteiger partial charge on any atom is -0.456 e. The second-order valence-electron chi connectivity index (χ2n) is 6.02. The Balaban J connectivity index is 4.59. The molecule has 4 nitrogen and oxygen atoms in total. The molecule has 2 atom stereocenters. The quantitative estimate of drug-likeness (QED) is 0.373. The summed E-state index contributed by atoms with van der Waals surface area (Å²) < 4.78 is 10.7. The third-order valence-electron chi connectivity index (χ3n) is 3.33. The average Bonchev–Trinajstić information content (AvgIpc) is 2.24. The lowest BCUT2D eigenvalue weighted by molar-refractivity contribution is -0.136. The number of rotatable bonds is 4. The van der Waals surface area contributed by atoms with E-state index in [1.54, 1.807) is 13.8 Å². The van der Waals surface area contributed by atoms with Crippen molar-refractivity contribution >= 4 is 14.3 Å². The lowest BCUT2D eigenvalue weighted by Crippen LogP contribution is -2.45. The van der Waals surface area contributed by atoms with Crippen molar-refractivity contribution in [3.63, 3.8) is 0 Å². The molecule has 0 aliphatic rings. The molecule has 1 N–H and O–H groups in total. The first-order chi connectivity index (χ1) is 8.51. The van der Waals surface area contributed by atoms with Crippen molar-refractivity contribution in [2.75, 3.05) is 6.61 Å². The summed E-state index contributed by atoms with van der Waals surface area (Å²) in [5, 5.41) is 9.94. The highest BCUT2D eigenvalue weighted by atomic mass is 28.4. The van der Waals surface area contributed by atoms with E-state index in [0.29, 0.717) is 0 Å². The molecule has 0 spiro atoms. The van der Waals surface area contributed by atoms with Gasteiger partial charge in [0.15, 0.2) is 8.32 Å². The molecule has 19 heavy (non-hydrogen) atoms. The van der Waals surface area contributed by atoms with Gasteiger partial charge in [0, 0.05) is 5.92 Å². The van der Waals surface area contributed by atoms with E-state index < -0.39 is 26.5 Å². The van der Waals surface area contributed by atoms with Crippen molar-refractivity contribution in [3.8, 4) is 11.8 Å². The first-order valence-corrected chi connectivity index (χ1v) is 9.46. The minimum atomic E-state index is -1.95. The van der Waals surface area contributed by atoms with E-state index in [4.69, 9.17) is 4.43 Å². The van der Waals surface area contributed by atoms with Gasteiger partial charge in [0.25, 0.3) is 0 Å². The van der Waals surface area contributed by atoms with Crippen LogP contribution in [0.4, 0.5) is 0 Å². The third-order valence-corrected chi connectivity index (χ3v) is 7.90. The molecule has 0 fully saturated rings. The lowest BCUT2D eigenvalue weighted by Gasteiger charge is -2.38. The van der Waals surface area contributed by atoms with Gasteiger partial charge in [0.1, 0.15) is 6.10 Å². The van der Waals surface area contributed by atoms with E-state index in [9.17, 15) is 9.90 Å². The monoisotopic (exact) mass is 286 g/mol. The van der Waals surface area contributed by atoms with E-state index in [1.165, 1.54) is 0 Å². The summed E-state index contributed by atoms with van der Waals surface area (Å²) in [6.07, 6.45) is -1.42. The van der Waals surface area contributed by atoms with Gasteiger partial charge in [0.2, 0.25) is 0 Å². The molecule has 0 rings (SSSR count). The number of carbonyl (C=O) groups excluding carboxylic acids is 1. The molecule has 110 valence electrons. The van der Waals surface area contributed by atoms with Gasteiger partial charge in [-0.1, -0.05) is 26.7 Å². The average molecular weight is 286 g/mol. The van der Waals surface area contributed by atoms with Crippen molar-refractivity contribution in [1.82, 2.24) is 0 Å². The predicted molar refractivity (Wildman–Crippen MR) is 78.2 cm³/mol. The summed E-state index contributed by atoms with van der Waals surface area (Å²) in [4.78, 5) is 11.1. The van der Waals surface area contributed by atoms with Crippen LogP contribution in [-0.4, -0.2) is 38.2 Å². The zero-order valence-corrected chi connectivity index (χ0v) is 14.0. The standard InChI is InChI=1S/C14H26O4Si/c1-8-17-13(16)10-9-12(15)11(2)18-19(6,7)14(3,4)5/h11-12,15H,8H2,1-7H3/t11-,12-/m1/s1. The van der Waals surface area contributed by atoms with Crippen LogP contribution in [0.25, 0.3) is 0 Å². The summed E-state index contributed by atoms with van der Waals surface area (Å²) >= 11 is 0. The fraction of sp³-hybridized carbons (Fsp3) is 0.786. The smallest absolute Gasteiger partial charge is 0.384 e. The number of aliphatic hydroxyl groups is 1. The van der Waals surface area contributed by atoms with Gasteiger partial charge in [-0.2, -0.15) is 0 Å². The van der Waals surface area contributed by atoms with E-state index >= 15 is 0 Å². The van der Waals surface area contributed by atoms with Gasteiger partial charge in [0.05, 0.1) is 12.7 Å². The summed E-state index contributed by atoms with van der Waals surface area (Å²) in [6.45, 7) is 14.3. The Morgan fingerprint density at radius 1 is 1.37 bits per heavy atom. The maximum atomic E-state index is 11.1. The van der Waals surface area contributed by atoms with Crippen LogP contribution in [0.3, 0.4) is 0 Å². The van der Waals surface area contributed by atoms with Gasteiger partial charge >= 0.3 is 5.97 Å². The van der Waals surface area contributed by atoms with Crippen LogP contribution in [0.1, 0.15) is 34.6 Å². The fourth-order valence-electron chi connectivity index (χ4n) is 1.12. The predicted octanol–water partition coefficient (Wildman–Crippen LogP) is 2.32. The lowest BCUT2D eigenvalue weighted by atomic mass is 10.2. The molecule has 5 heteroatoms. The van der Waals surface area contributed by atoms with E-state index in [1.807, 2.05) is 0 Å². The maximum Gasteiger partial charge on any atom is 0.384 e. The molecule has 0 aromatic heterocycles. The van der Waals surface area contributed by atoms with Crippen molar-refractivity contribution in [1.29, 1.82) is 0 Å². The van der Waals surface area contributed by atoms with Crippen LogP contribution in [0.2, 0.25) is 18.1 Å². The first-order valence-electron chi connectivity index (χ1n) is 6.55.